The van der Waals surface area contributed by atoms with Gasteiger partial charge in [-0.25, -0.2) is 0 Å². The number of hydrogen-bond acceptors (Lipinski definition) is 3. The van der Waals surface area contributed by atoms with Crippen LogP contribution in [0, 0.1) is 5.41 Å². The predicted octanol–water partition coefficient (Wildman–Crippen LogP) is 2.50. The van der Waals surface area contributed by atoms with Gasteiger partial charge in [-0.3, -0.25) is 14.5 Å². The zero-order valence-corrected chi connectivity index (χ0v) is 14.4. The third-order valence-corrected chi connectivity index (χ3v) is 6.53. The molecule has 0 aromatic heterocycles. The highest BCUT2D eigenvalue weighted by Crippen LogP contribution is 2.41. The molecular weight excluding hydrogens is 292 g/mol. The first-order valence-electron chi connectivity index (χ1n) is 9.32. The summed E-state index contributed by atoms with van der Waals surface area (Å²) in [5.74, 6) is -0.519. The molecule has 2 saturated heterocycles. The SMILES string of the molecule is CC[C@@]1(C(=O)O)CCCN(C(=O)C2(N3CCCC3)CCCC2)C1. The second-order valence-corrected chi connectivity index (χ2v) is 7.70. The van der Waals surface area contributed by atoms with Crippen LogP contribution in [0.1, 0.15) is 64.7 Å². The maximum Gasteiger partial charge on any atom is 0.311 e. The number of carboxylic acids is 1. The van der Waals surface area contributed by atoms with Crippen LogP contribution in [-0.2, 0) is 9.59 Å². The Morgan fingerprint density at radius 1 is 0.957 bits per heavy atom. The second kappa shape index (κ2) is 6.42. The van der Waals surface area contributed by atoms with Crippen molar-refractivity contribution in [3.8, 4) is 0 Å². The van der Waals surface area contributed by atoms with Gasteiger partial charge in [-0.1, -0.05) is 19.8 Å². The van der Waals surface area contributed by atoms with Crippen LogP contribution < -0.4 is 0 Å². The topological polar surface area (TPSA) is 60.9 Å². The second-order valence-electron chi connectivity index (χ2n) is 7.70. The Morgan fingerprint density at radius 2 is 1.61 bits per heavy atom. The minimum Gasteiger partial charge on any atom is -0.481 e. The van der Waals surface area contributed by atoms with Gasteiger partial charge in [0.05, 0.1) is 5.41 Å². The normalized spacial score (nSPS) is 31.4. The van der Waals surface area contributed by atoms with Gasteiger partial charge in [-0.2, -0.15) is 0 Å². The van der Waals surface area contributed by atoms with Crippen molar-refractivity contribution in [2.24, 2.45) is 5.41 Å². The van der Waals surface area contributed by atoms with Crippen LogP contribution in [0.2, 0.25) is 0 Å². The van der Waals surface area contributed by atoms with Gasteiger partial charge in [-0.05, 0) is 58.0 Å². The molecule has 1 atom stereocenters. The molecule has 3 fully saturated rings. The van der Waals surface area contributed by atoms with Gasteiger partial charge < -0.3 is 10.0 Å². The minimum atomic E-state index is -0.737. The number of aliphatic carboxylic acids is 1. The third kappa shape index (κ3) is 2.77. The molecule has 130 valence electrons. The summed E-state index contributed by atoms with van der Waals surface area (Å²) in [4.78, 5) is 29.5. The van der Waals surface area contributed by atoms with E-state index in [0.29, 0.717) is 19.4 Å². The van der Waals surface area contributed by atoms with Crippen LogP contribution in [0.5, 0.6) is 0 Å². The third-order valence-electron chi connectivity index (χ3n) is 6.53. The van der Waals surface area contributed by atoms with Crippen molar-refractivity contribution in [2.45, 2.75) is 70.3 Å². The van der Waals surface area contributed by atoms with Gasteiger partial charge in [0.1, 0.15) is 5.54 Å². The Hall–Kier alpha value is -1.10. The van der Waals surface area contributed by atoms with Crippen LogP contribution >= 0.6 is 0 Å². The number of carboxylic acid groups (broad SMARTS) is 1. The lowest BCUT2D eigenvalue weighted by Gasteiger charge is -2.45. The lowest BCUT2D eigenvalue weighted by atomic mass is 9.77. The van der Waals surface area contributed by atoms with Gasteiger partial charge in [0.15, 0.2) is 0 Å². The summed E-state index contributed by atoms with van der Waals surface area (Å²) >= 11 is 0. The molecule has 0 spiro atoms. The molecule has 2 aliphatic heterocycles. The van der Waals surface area contributed by atoms with E-state index in [4.69, 9.17) is 0 Å². The van der Waals surface area contributed by atoms with E-state index in [1.807, 2.05) is 11.8 Å². The number of amides is 1. The Labute approximate surface area is 139 Å². The van der Waals surface area contributed by atoms with Crippen LogP contribution in [0.15, 0.2) is 0 Å². The highest BCUT2D eigenvalue weighted by atomic mass is 16.4. The lowest BCUT2D eigenvalue weighted by Crippen LogP contribution is -2.61. The maximum atomic E-state index is 13.4. The molecule has 0 unspecified atom stereocenters. The van der Waals surface area contributed by atoms with Crippen molar-refractivity contribution in [3.63, 3.8) is 0 Å². The van der Waals surface area contributed by atoms with E-state index in [9.17, 15) is 14.7 Å². The molecule has 5 heteroatoms. The van der Waals surface area contributed by atoms with Crippen LogP contribution in [0.25, 0.3) is 0 Å². The number of rotatable bonds is 4. The number of carbonyl (C=O) groups excluding carboxylic acids is 1. The molecule has 5 nitrogen and oxygen atoms in total. The molecule has 1 amide bonds. The van der Waals surface area contributed by atoms with Gasteiger partial charge in [0.25, 0.3) is 0 Å². The minimum absolute atomic E-state index is 0.218. The first kappa shape index (κ1) is 16.7. The Balaban J connectivity index is 1.81. The molecular formula is C18H30N2O3. The summed E-state index contributed by atoms with van der Waals surface area (Å²) in [5, 5.41) is 9.68. The van der Waals surface area contributed by atoms with Crippen molar-refractivity contribution < 1.29 is 14.7 Å². The Bertz CT molecular complexity index is 467. The molecule has 1 saturated carbocycles. The molecule has 0 bridgehead atoms. The van der Waals surface area contributed by atoms with Gasteiger partial charge in [-0.15, -0.1) is 0 Å². The highest BCUT2D eigenvalue weighted by Gasteiger charge is 2.51. The van der Waals surface area contributed by atoms with Crippen molar-refractivity contribution in [3.05, 3.63) is 0 Å². The van der Waals surface area contributed by atoms with E-state index in [-0.39, 0.29) is 11.4 Å². The standard InChI is InChI=1S/C18H30N2O3/c1-2-17(16(22)23)8-7-11-19(14-17)15(21)18(9-3-4-10-18)20-12-5-6-13-20/h2-14H2,1H3,(H,22,23)/t17-/m1/s1. The van der Waals surface area contributed by atoms with Crippen molar-refractivity contribution in [1.82, 2.24) is 9.80 Å². The number of hydrogen-bond donors (Lipinski definition) is 1. The molecule has 1 aliphatic carbocycles. The van der Waals surface area contributed by atoms with Crippen molar-refractivity contribution in [2.75, 3.05) is 26.2 Å². The van der Waals surface area contributed by atoms with Crippen LogP contribution in [-0.4, -0.2) is 58.5 Å². The van der Waals surface area contributed by atoms with Gasteiger partial charge in [0, 0.05) is 13.1 Å². The van der Waals surface area contributed by atoms with Gasteiger partial charge >= 0.3 is 5.97 Å². The van der Waals surface area contributed by atoms with E-state index >= 15 is 0 Å². The smallest absolute Gasteiger partial charge is 0.311 e. The average Bonchev–Trinajstić information content (AvgIpc) is 3.25. The largest absolute Gasteiger partial charge is 0.481 e. The van der Waals surface area contributed by atoms with E-state index in [2.05, 4.69) is 4.90 Å². The molecule has 1 N–H and O–H groups in total. The fraction of sp³-hybridized carbons (Fsp3) is 0.889. The summed E-state index contributed by atoms with van der Waals surface area (Å²) < 4.78 is 0. The maximum absolute atomic E-state index is 13.4. The molecule has 0 aromatic carbocycles. The zero-order chi connectivity index (χ0) is 16.5. The van der Waals surface area contributed by atoms with Crippen molar-refractivity contribution in [1.29, 1.82) is 0 Å². The van der Waals surface area contributed by atoms with E-state index < -0.39 is 11.4 Å². The monoisotopic (exact) mass is 322 g/mol. The van der Waals surface area contributed by atoms with Crippen LogP contribution in [0.3, 0.4) is 0 Å². The summed E-state index contributed by atoms with van der Waals surface area (Å²) in [7, 11) is 0. The Kier molecular flexibility index (Phi) is 4.68. The number of nitrogens with zero attached hydrogens (tertiary/aromatic N) is 2. The van der Waals surface area contributed by atoms with Crippen LogP contribution in [0.4, 0.5) is 0 Å². The number of carbonyl (C=O) groups is 2. The quantitative estimate of drug-likeness (QED) is 0.864. The first-order chi connectivity index (χ1) is 11.0. The fourth-order valence-electron chi connectivity index (χ4n) is 4.98. The molecule has 3 rings (SSSR count). The molecule has 0 radical (unpaired) electrons. The number of likely N-dealkylation sites (tertiary alicyclic amines) is 2. The van der Waals surface area contributed by atoms with E-state index in [1.165, 1.54) is 12.8 Å². The summed E-state index contributed by atoms with van der Waals surface area (Å²) in [6.45, 7) is 5.11. The molecule has 3 aliphatic rings. The average molecular weight is 322 g/mol. The molecule has 23 heavy (non-hydrogen) atoms. The van der Waals surface area contributed by atoms with E-state index in [0.717, 1.165) is 51.7 Å². The molecule has 2 heterocycles. The number of piperidine rings is 1. The van der Waals surface area contributed by atoms with E-state index in [1.54, 1.807) is 0 Å². The van der Waals surface area contributed by atoms with Gasteiger partial charge in [0.2, 0.25) is 5.91 Å². The highest BCUT2D eigenvalue weighted by molar-refractivity contribution is 5.88. The zero-order valence-electron chi connectivity index (χ0n) is 14.4. The first-order valence-corrected chi connectivity index (χ1v) is 9.32. The van der Waals surface area contributed by atoms with Crippen molar-refractivity contribution >= 4 is 11.9 Å². The Morgan fingerprint density at radius 3 is 2.17 bits per heavy atom. The summed E-state index contributed by atoms with van der Waals surface area (Å²) in [6, 6.07) is 0. The lowest BCUT2D eigenvalue weighted by molar-refractivity contribution is -0.158. The molecule has 0 aromatic rings. The predicted molar refractivity (Wildman–Crippen MR) is 88.2 cm³/mol. The summed E-state index contributed by atoms with van der Waals surface area (Å²) in [6.07, 6.45) is 8.61. The summed E-state index contributed by atoms with van der Waals surface area (Å²) in [5.41, 5.74) is -1.06. The fourth-order valence-corrected chi connectivity index (χ4v) is 4.98.